The Bertz CT molecular complexity index is 564. The number of rotatable bonds is 1. The molecule has 0 heterocycles. The number of aliphatic hydroxyl groups is 1. The van der Waals surface area contributed by atoms with Crippen molar-refractivity contribution in [3.8, 4) is 0 Å². The Morgan fingerprint density at radius 1 is 1.08 bits per heavy atom. The van der Waals surface area contributed by atoms with E-state index in [1.165, 1.54) is 38.5 Å². The predicted molar refractivity (Wildman–Crippen MR) is 102 cm³/mol. The van der Waals surface area contributed by atoms with Crippen molar-refractivity contribution in [2.24, 2.45) is 34.5 Å². The Morgan fingerprint density at radius 3 is 2.52 bits per heavy atom. The minimum absolute atomic E-state index is 0.258. The van der Waals surface area contributed by atoms with E-state index >= 15 is 0 Å². The van der Waals surface area contributed by atoms with Crippen molar-refractivity contribution in [1.82, 2.24) is 0 Å². The van der Waals surface area contributed by atoms with Crippen LogP contribution >= 0.6 is 0 Å². The van der Waals surface area contributed by atoms with E-state index < -0.39 is 5.60 Å². The van der Waals surface area contributed by atoms with E-state index in [0.717, 1.165) is 30.6 Å². The molecule has 2 nitrogen and oxygen atoms in total. The minimum atomic E-state index is -0.438. The highest BCUT2D eigenvalue weighted by atomic mass is 16.5. The van der Waals surface area contributed by atoms with Gasteiger partial charge in [-0.3, -0.25) is 0 Å². The lowest BCUT2D eigenvalue weighted by Crippen LogP contribution is -2.58. The normalized spacial score (nSPS) is 57.0. The molecule has 142 valence electrons. The van der Waals surface area contributed by atoms with E-state index in [1.54, 1.807) is 5.57 Å². The summed E-state index contributed by atoms with van der Waals surface area (Å²) in [7, 11) is 1.94. The van der Waals surface area contributed by atoms with E-state index in [1.807, 2.05) is 7.11 Å². The van der Waals surface area contributed by atoms with Crippen LogP contribution in [0.1, 0.15) is 79.1 Å². The zero-order valence-electron chi connectivity index (χ0n) is 17.0. The average Bonchev–Trinajstić information content (AvgIpc) is 2.92. The van der Waals surface area contributed by atoms with Crippen LogP contribution in [0.15, 0.2) is 11.6 Å². The molecule has 0 bridgehead atoms. The summed E-state index contributed by atoms with van der Waals surface area (Å²) in [6.45, 7) is 9.35. The van der Waals surface area contributed by atoms with Crippen LogP contribution in [0.25, 0.3) is 0 Å². The maximum Gasteiger partial charge on any atom is 0.0667 e. The summed E-state index contributed by atoms with van der Waals surface area (Å²) in [4.78, 5) is 0. The van der Waals surface area contributed by atoms with Gasteiger partial charge in [-0.1, -0.05) is 25.5 Å². The van der Waals surface area contributed by atoms with Gasteiger partial charge in [-0.15, -0.1) is 0 Å². The first-order chi connectivity index (χ1) is 11.8. The van der Waals surface area contributed by atoms with Crippen LogP contribution in [-0.4, -0.2) is 23.9 Å². The van der Waals surface area contributed by atoms with Crippen LogP contribution in [0.4, 0.5) is 0 Å². The van der Waals surface area contributed by atoms with Gasteiger partial charge in [0.05, 0.1) is 11.7 Å². The smallest absolute Gasteiger partial charge is 0.0667 e. The fourth-order valence-electron chi connectivity index (χ4n) is 8.03. The Morgan fingerprint density at radius 2 is 1.84 bits per heavy atom. The van der Waals surface area contributed by atoms with Crippen molar-refractivity contribution in [3.63, 3.8) is 0 Å². The number of allylic oxidation sites excluding steroid dienone is 1. The second-order valence-corrected chi connectivity index (χ2v) is 10.5. The molecule has 0 aromatic rings. The third kappa shape index (κ3) is 2.42. The summed E-state index contributed by atoms with van der Waals surface area (Å²) in [5.74, 6) is 3.13. The zero-order chi connectivity index (χ0) is 18.0. The molecule has 0 aliphatic heterocycles. The minimum Gasteiger partial charge on any atom is -0.390 e. The maximum atomic E-state index is 10.6. The van der Waals surface area contributed by atoms with E-state index in [4.69, 9.17) is 4.74 Å². The quantitative estimate of drug-likeness (QED) is 0.648. The van der Waals surface area contributed by atoms with Gasteiger partial charge in [0, 0.05) is 12.5 Å². The molecule has 0 radical (unpaired) electrons. The molecule has 0 amide bonds. The molecule has 4 fully saturated rings. The highest BCUT2D eigenvalue weighted by Crippen LogP contribution is 2.68. The number of ether oxygens (including phenoxy) is 1. The molecular formula is C23H38O2. The van der Waals surface area contributed by atoms with Gasteiger partial charge in [-0.05, 0) is 94.3 Å². The summed E-state index contributed by atoms with van der Waals surface area (Å²) >= 11 is 0. The predicted octanol–water partition coefficient (Wildman–Crippen LogP) is 5.35. The Hall–Kier alpha value is -0.340. The molecule has 0 spiro atoms. The van der Waals surface area contributed by atoms with Crippen molar-refractivity contribution in [1.29, 1.82) is 0 Å². The van der Waals surface area contributed by atoms with Crippen LogP contribution < -0.4 is 0 Å². The first-order valence-electron chi connectivity index (χ1n) is 10.7. The van der Waals surface area contributed by atoms with Crippen molar-refractivity contribution in [2.45, 2.75) is 90.8 Å². The molecule has 4 aliphatic carbocycles. The van der Waals surface area contributed by atoms with Gasteiger partial charge in [0.1, 0.15) is 0 Å². The topological polar surface area (TPSA) is 29.5 Å². The van der Waals surface area contributed by atoms with Gasteiger partial charge in [0.15, 0.2) is 0 Å². The van der Waals surface area contributed by atoms with Gasteiger partial charge in [0.2, 0.25) is 0 Å². The Kier molecular flexibility index (Phi) is 4.21. The van der Waals surface area contributed by atoms with Crippen molar-refractivity contribution >= 4 is 0 Å². The highest BCUT2D eigenvalue weighted by molar-refractivity contribution is 5.26. The second kappa shape index (κ2) is 5.83. The fraction of sp³-hybridized carbons (Fsp3) is 0.913. The third-order valence-electron chi connectivity index (χ3n) is 9.51. The Balaban J connectivity index is 1.69. The molecule has 0 aromatic carbocycles. The lowest BCUT2D eigenvalue weighted by atomic mass is 9.43. The molecule has 4 rings (SSSR count). The van der Waals surface area contributed by atoms with Crippen molar-refractivity contribution in [2.75, 3.05) is 7.11 Å². The number of hydrogen-bond acceptors (Lipinski definition) is 2. The standard InChI is InChI=1S/C23H38O2/c1-6-15-8-10-18-17-9-7-16-14-21(2,24)11-12-22(16,3)19(17)13-20(25-5)23(15,18)4/h6,16-20,24H,7-14H2,1-5H3/b15-6-/t16-,17-,18-,19-,20+,21+,22-,23+/m0/s1. The molecule has 4 aliphatic rings. The second-order valence-electron chi connectivity index (χ2n) is 10.5. The SMILES string of the molecule is C/C=C1/CC[C@H]2[C@@H]3CC[C@H]4C[C@](C)(O)CC[C@]4(C)[C@H]3C[C@@H](OC)[C@]12C. The lowest BCUT2D eigenvalue weighted by Gasteiger charge is -2.63. The number of hydrogen-bond donors (Lipinski definition) is 1. The molecule has 4 saturated carbocycles. The summed E-state index contributed by atoms with van der Waals surface area (Å²) in [6, 6.07) is 0. The number of methoxy groups -OCH3 is 1. The van der Waals surface area contributed by atoms with Crippen LogP contribution in [-0.2, 0) is 4.74 Å². The molecule has 0 unspecified atom stereocenters. The summed E-state index contributed by atoms with van der Waals surface area (Å²) in [5, 5.41) is 10.6. The Labute approximate surface area is 154 Å². The maximum absolute atomic E-state index is 10.6. The first-order valence-corrected chi connectivity index (χ1v) is 10.7. The molecule has 1 N–H and O–H groups in total. The van der Waals surface area contributed by atoms with Gasteiger partial charge < -0.3 is 9.84 Å². The van der Waals surface area contributed by atoms with E-state index in [-0.39, 0.29) is 5.41 Å². The molecule has 0 aromatic heterocycles. The molecule has 25 heavy (non-hydrogen) atoms. The van der Waals surface area contributed by atoms with Gasteiger partial charge >= 0.3 is 0 Å². The summed E-state index contributed by atoms with van der Waals surface area (Å²) < 4.78 is 6.16. The van der Waals surface area contributed by atoms with E-state index in [2.05, 4.69) is 33.8 Å². The molecule has 8 atom stereocenters. The van der Waals surface area contributed by atoms with Crippen LogP contribution in [0.3, 0.4) is 0 Å². The molecule has 0 saturated heterocycles. The van der Waals surface area contributed by atoms with E-state index in [0.29, 0.717) is 17.4 Å². The summed E-state index contributed by atoms with van der Waals surface area (Å²) in [5.41, 5.74) is 1.88. The fourth-order valence-corrected chi connectivity index (χ4v) is 8.03. The van der Waals surface area contributed by atoms with Crippen molar-refractivity contribution < 1.29 is 9.84 Å². The largest absolute Gasteiger partial charge is 0.390 e. The van der Waals surface area contributed by atoms with Gasteiger partial charge in [0.25, 0.3) is 0 Å². The lowest BCUT2D eigenvalue weighted by molar-refractivity contribution is -0.172. The molecule has 2 heteroatoms. The molecular weight excluding hydrogens is 308 g/mol. The zero-order valence-corrected chi connectivity index (χ0v) is 17.0. The highest BCUT2D eigenvalue weighted by Gasteiger charge is 2.62. The average molecular weight is 347 g/mol. The first kappa shape index (κ1) is 18.0. The van der Waals surface area contributed by atoms with Crippen LogP contribution in [0.5, 0.6) is 0 Å². The third-order valence-corrected chi connectivity index (χ3v) is 9.51. The van der Waals surface area contributed by atoms with Crippen LogP contribution in [0, 0.1) is 34.5 Å². The van der Waals surface area contributed by atoms with Crippen LogP contribution in [0.2, 0.25) is 0 Å². The van der Waals surface area contributed by atoms with E-state index in [9.17, 15) is 5.11 Å². The number of fused-ring (bicyclic) bond motifs is 5. The van der Waals surface area contributed by atoms with Gasteiger partial charge in [-0.25, -0.2) is 0 Å². The summed E-state index contributed by atoms with van der Waals surface area (Å²) in [6.07, 6.45) is 12.5. The monoisotopic (exact) mass is 346 g/mol. The van der Waals surface area contributed by atoms with Gasteiger partial charge in [-0.2, -0.15) is 0 Å². The van der Waals surface area contributed by atoms with Crippen molar-refractivity contribution in [3.05, 3.63) is 11.6 Å².